The molecule has 0 aliphatic carbocycles. The number of benzene rings is 1. The van der Waals surface area contributed by atoms with Crippen LogP contribution in [0.15, 0.2) is 42.1 Å². The van der Waals surface area contributed by atoms with Crippen molar-refractivity contribution in [2.24, 2.45) is 0 Å². The summed E-state index contributed by atoms with van der Waals surface area (Å²) in [5, 5.41) is 4.97. The molecule has 118 valence electrons. The first kappa shape index (κ1) is 21.3. The average molecular weight is 295 g/mol. The van der Waals surface area contributed by atoms with E-state index in [-0.39, 0.29) is 24.9 Å². The molecule has 3 heteroatoms. The molecule has 0 heterocycles. The van der Waals surface area contributed by atoms with Crippen molar-refractivity contribution < 1.29 is 23.6 Å². The average Bonchev–Trinajstić information content (AvgIpc) is 2.51. The second kappa shape index (κ2) is 13.9. The van der Waals surface area contributed by atoms with Gasteiger partial charge in [-0.15, -0.1) is 6.08 Å². The van der Waals surface area contributed by atoms with Gasteiger partial charge in [0.25, 0.3) is 0 Å². The summed E-state index contributed by atoms with van der Waals surface area (Å²) >= 11 is 0. The molecule has 0 amide bonds. The predicted octanol–water partition coefficient (Wildman–Crippen LogP) is 2.50. The van der Waals surface area contributed by atoms with E-state index in [2.05, 4.69) is 50.3 Å². The van der Waals surface area contributed by atoms with Crippen molar-refractivity contribution in [3.8, 4) is 0 Å². The first-order chi connectivity index (χ1) is 10.3. The molecule has 0 aliphatic rings. The molecule has 2 nitrogen and oxygen atoms in total. The standard InChI is InChI=1S/C19H30NO.Li/c1-4-6-13-18(14-7-5-2)20-19(16-21-3)15-17-11-9-8-10-12-17;/h8-13,19H,4-7,14-16H2,1-3H3;/q-1;+1/b18-13+;/t19-;/m0./s1. The van der Waals surface area contributed by atoms with Gasteiger partial charge in [0, 0.05) is 13.7 Å². The van der Waals surface area contributed by atoms with Crippen LogP contribution in [0, 0.1) is 0 Å². The molecule has 0 unspecified atom stereocenters. The summed E-state index contributed by atoms with van der Waals surface area (Å²) in [4.78, 5) is 0. The van der Waals surface area contributed by atoms with Gasteiger partial charge in [-0.25, -0.2) is 0 Å². The van der Waals surface area contributed by atoms with Gasteiger partial charge in [-0.3, -0.25) is 0 Å². The topological polar surface area (TPSA) is 23.3 Å². The fourth-order valence-corrected chi connectivity index (χ4v) is 2.34. The molecule has 0 fully saturated rings. The van der Waals surface area contributed by atoms with Crippen LogP contribution in [0.5, 0.6) is 0 Å². The van der Waals surface area contributed by atoms with E-state index in [9.17, 15) is 0 Å². The Morgan fingerprint density at radius 1 is 1.18 bits per heavy atom. The number of rotatable bonds is 11. The van der Waals surface area contributed by atoms with Crippen LogP contribution in [0.2, 0.25) is 0 Å². The van der Waals surface area contributed by atoms with Gasteiger partial charge in [-0.2, -0.15) is 5.70 Å². The predicted molar refractivity (Wildman–Crippen MR) is 91.7 cm³/mol. The third-order valence-electron chi connectivity index (χ3n) is 3.48. The summed E-state index contributed by atoms with van der Waals surface area (Å²) < 4.78 is 5.37. The maximum atomic E-state index is 5.37. The van der Waals surface area contributed by atoms with Crippen LogP contribution < -0.4 is 18.9 Å². The Labute approximate surface area is 148 Å². The molecule has 1 aromatic rings. The molecule has 0 aromatic heterocycles. The van der Waals surface area contributed by atoms with Crippen molar-refractivity contribution in [2.75, 3.05) is 13.7 Å². The molecule has 0 aliphatic heterocycles. The Hall–Kier alpha value is -0.683. The van der Waals surface area contributed by atoms with E-state index >= 15 is 0 Å². The second-order valence-electron chi connectivity index (χ2n) is 5.52. The molecule has 1 rings (SSSR count). The Balaban J connectivity index is 0.00000441. The minimum Gasteiger partial charge on any atom is -0.683 e. The molecular formula is C19H30LiNO. The first-order valence-electron chi connectivity index (χ1n) is 8.22. The third-order valence-corrected chi connectivity index (χ3v) is 3.48. The summed E-state index contributed by atoms with van der Waals surface area (Å²) in [6.45, 7) is 5.13. The van der Waals surface area contributed by atoms with E-state index in [0.717, 1.165) is 19.3 Å². The number of allylic oxidation sites excluding steroid dienone is 2. The van der Waals surface area contributed by atoms with Crippen molar-refractivity contribution in [1.29, 1.82) is 0 Å². The minimum absolute atomic E-state index is 0. The number of methoxy groups -OCH3 is 1. The number of ether oxygens (including phenoxy) is 1. The van der Waals surface area contributed by atoms with Gasteiger partial charge in [-0.05, 0) is 24.8 Å². The molecule has 1 aromatic carbocycles. The molecular weight excluding hydrogens is 265 g/mol. The maximum absolute atomic E-state index is 5.37. The summed E-state index contributed by atoms with van der Waals surface area (Å²) in [6, 6.07) is 10.8. The van der Waals surface area contributed by atoms with Gasteiger partial charge in [0.1, 0.15) is 0 Å². The number of nitrogens with zero attached hydrogens (tertiary/aromatic N) is 1. The van der Waals surface area contributed by atoms with E-state index < -0.39 is 0 Å². The quantitative estimate of drug-likeness (QED) is 0.575. The van der Waals surface area contributed by atoms with Crippen molar-refractivity contribution in [3.63, 3.8) is 0 Å². The van der Waals surface area contributed by atoms with E-state index in [1.807, 2.05) is 0 Å². The monoisotopic (exact) mass is 295 g/mol. The molecule has 22 heavy (non-hydrogen) atoms. The molecule has 0 radical (unpaired) electrons. The number of unbranched alkanes of at least 4 members (excludes halogenated alkanes) is 2. The van der Waals surface area contributed by atoms with Crippen molar-refractivity contribution in [1.82, 2.24) is 0 Å². The summed E-state index contributed by atoms with van der Waals surface area (Å²) in [5.74, 6) is 0. The van der Waals surface area contributed by atoms with Gasteiger partial charge in [0.2, 0.25) is 0 Å². The molecule has 0 bridgehead atoms. The number of hydrogen-bond acceptors (Lipinski definition) is 1. The van der Waals surface area contributed by atoms with E-state index in [0.29, 0.717) is 6.61 Å². The van der Waals surface area contributed by atoms with Gasteiger partial charge in [0.15, 0.2) is 0 Å². The molecule has 0 spiro atoms. The van der Waals surface area contributed by atoms with Gasteiger partial charge < -0.3 is 10.1 Å². The second-order valence-corrected chi connectivity index (χ2v) is 5.52. The zero-order valence-corrected chi connectivity index (χ0v) is 14.8. The van der Waals surface area contributed by atoms with E-state index in [1.54, 1.807) is 7.11 Å². The van der Waals surface area contributed by atoms with Gasteiger partial charge in [0.05, 0.1) is 0 Å². The summed E-state index contributed by atoms with van der Waals surface area (Å²) in [5.41, 5.74) is 2.59. The molecule has 0 N–H and O–H groups in total. The van der Waals surface area contributed by atoms with Crippen molar-refractivity contribution >= 4 is 0 Å². The summed E-state index contributed by atoms with van der Waals surface area (Å²) in [6.07, 6.45) is 9.07. The van der Waals surface area contributed by atoms with Crippen LogP contribution in [-0.2, 0) is 11.2 Å². The molecule has 0 saturated heterocycles. The Bertz CT molecular complexity index is 392. The number of hydrogen-bond donors (Lipinski definition) is 0. The van der Waals surface area contributed by atoms with Crippen LogP contribution in [0.1, 0.15) is 51.5 Å². The van der Waals surface area contributed by atoms with Gasteiger partial charge >= 0.3 is 18.9 Å². The van der Waals surface area contributed by atoms with E-state index in [1.165, 1.54) is 30.5 Å². The zero-order valence-electron chi connectivity index (χ0n) is 14.8. The maximum Gasteiger partial charge on any atom is 1.00 e. The summed E-state index contributed by atoms with van der Waals surface area (Å²) in [7, 11) is 1.76. The Morgan fingerprint density at radius 3 is 2.50 bits per heavy atom. The first-order valence-corrected chi connectivity index (χ1v) is 8.22. The van der Waals surface area contributed by atoms with Crippen LogP contribution in [0.3, 0.4) is 0 Å². The fraction of sp³-hybridized carbons (Fsp3) is 0.579. The third kappa shape index (κ3) is 9.36. The van der Waals surface area contributed by atoms with Crippen LogP contribution in [0.4, 0.5) is 0 Å². The SMILES string of the molecule is CCC/C=C(\CCCC)[N-][C@H](COC)Cc1ccccc1.[Li+]. The van der Waals surface area contributed by atoms with E-state index in [4.69, 9.17) is 10.1 Å². The Morgan fingerprint density at radius 2 is 1.91 bits per heavy atom. The molecule has 0 saturated carbocycles. The zero-order chi connectivity index (χ0) is 15.3. The smallest absolute Gasteiger partial charge is 0.683 e. The van der Waals surface area contributed by atoms with Crippen molar-refractivity contribution in [3.05, 3.63) is 53.0 Å². The van der Waals surface area contributed by atoms with Crippen LogP contribution >= 0.6 is 0 Å². The van der Waals surface area contributed by atoms with Crippen molar-refractivity contribution in [2.45, 2.75) is 58.4 Å². The van der Waals surface area contributed by atoms with Gasteiger partial charge in [-0.1, -0.05) is 69.5 Å². The van der Waals surface area contributed by atoms with Crippen LogP contribution in [-0.4, -0.2) is 19.8 Å². The Kier molecular flexibility index (Phi) is 13.5. The minimum atomic E-state index is 0. The van der Waals surface area contributed by atoms with Crippen LogP contribution in [0.25, 0.3) is 5.32 Å². The molecule has 1 atom stereocenters. The largest absolute Gasteiger partial charge is 1.00 e. The normalized spacial score (nSPS) is 12.6. The fourth-order valence-electron chi connectivity index (χ4n) is 2.34.